The third kappa shape index (κ3) is 16.8. The number of benzene rings is 2. The van der Waals surface area contributed by atoms with Crippen molar-refractivity contribution >= 4 is 0 Å². The Hall–Kier alpha value is 0.648. The molecule has 0 aliphatic heterocycles. The van der Waals surface area contributed by atoms with Gasteiger partial charge in [0.05, 0.1) is 0 Å². The second-order valence-corrected chi connectivity index (χ2v) is 3.15. The van der Waals surface area contributed by atoms with Crippen LogP contribution in [0.5, 0.6) is 0 Å². The first-order valence-corrected chi connectivity index (χ1v) is 6.53. The van der Waals surface area contributed by atoms with Gasteiger partial charge in [-0.25, -0.2) is 0 Å². The zero-order valence-corrected chi connectivity index (χ0v) is 20.3. The van der Waals surface area contributed by atoms with E-state index in [2.05, 4.69) is 60.7 Å². The van der Waals surface area contributed by atoms with Crippen molar-refractivity contribution in [2.24, 2.45) is 0 Å². The predicted octanol–water partition coefficient (Wildman–Crippen LogP) is 6.23. The number of hydrogen-bond donors (Lipinski definition) is 0. The summed E-state index contributed by atoms with van der Waals surface area (Å²) in [4.78, 5) is 0. The fraction of sp³-hybridized carbons (Fsp3) is 0.263. The monoisotopic (exact) mass is 436 g/mol. The van der Waals surface area contributed by atoms with Crippen LogP contribution in [0.4, 0.5) is 0 Å². The van der Waals surface area contributed by atoms with Crippen LogP contribution in [0.15, 0.2) is 60.7 Å². The second-order valence-electron chi connectivity index (χ2n) is 3.15. The van der Waals surface area contributed by atoms with Gasteiger partial charge in [-0.15, -0.1) is 0 Å². The summed E-state index contributed by atoms with van der Waals surface area (Å²) >= 11 is 0. The molecule has 114 valence electrons. The molecule has 2 radical (unpaired) electrons. The van der Waals surface area contributed by atoms with Crippen molar-refractivity contribution in [1.82, 2.24) is 0 Å². The molecule has 0 atom stereocenters. The summed E-state index contributed by atoms with van der Waals surface area (Å²) < 4.78 is 0. The molecular weight excluding hydrogens is 406 g/mol. The Morgan fingerprint density at radius 2 is 0.762 bits per heavy atom. The van der Waals surface area contributed by atoms with Gasteiger partial charge < -0.3 is 14.9 Å². The second kappa shape index (κ2) is 25.6. The van der Waals surface area contributed by atoms with Crippen LogP contribution in [-0.4, -0.2) is 0 Å². The van der Waals surface area contributed by atoms with Gasteiger partial charge in [0, 0.05) is 65.4 Å². The minimum atomic E-state index is 0. The summed E-state index contributed by atoms with van der Waals surface area (Å²) in [5, 5.41) is 0. The Morgan fingerprint density at radius 3 is 1.00 bits per heavy atom. The maximum absolute atomic E-state index is 2.16. The van der Waals surface area contributed by atoms with E-state index in [1.54, 1.807) is 0 Å². The van der Waals surface area contributed by atoms with E-state index in [-0.39, 0.29) is 80.3 Å². The maximum atomic E-state index is 2.16. The molecule has 0 aliphatic rings. The smallest absolute Gasteiger partial charge is 0 e. The van der Waals surface area contributed by atoms with Gasteiger partial charge in [0.2, 0.25) is 0 Å². The van der Waals surface area contributed by atoms with Crippen LogP contribution in [0, 0.1) is 14.9 Å². The fourth-order valence-corrected chi connectivity index (χ4v) is 1.43. The molecule has 0 saturated heterocycles. The minimum Gasteiger partial charge on any atom is -0.358 e. The van der Waals surface area contributed by atoms with Crippen molar-refractivity contribution in [2.45, 2.75) is 34.1 Å². The van der Waals surface area contributed by atoms with Crippen LogP contribution in [0.2, 0.25) is 0 Å². The first-order chi connectivity index (χ1) is 8.45. The number of hydrogen-bond acceptors (Lipinski definition) is 0. The Bertz CT molecular complexity index is 320. The Morgan fingerprint density at radius 1 is 0.524 bits per heavy atom. The molecule has 0 aromatic heterocycles. The first-order valence-electron chi connectivity index (χ1n) is 6.53. The fourth-order valence-electron chi connectivity index (χ4n) is 1.43. The zero-order valence-electron chi connectivity index (χ0n) is 14.6. The van der Waals surface area contributed by atoms with Crippen molar-refractivity contribution in [3.05, 3.63) is 86.6 Å². The van der Waals surface area contributed by atoms with Gasteiger partial charge in [0.1, 0.15) is 0 Å². The van der Waals surface area contributed by atoms with Crippen LogP contribution in [0.3, 0.4) is 0 Å². The molecule has 0 amide bonds. The third-order valence-corrected chi connectivity index (χ3v) is 2.09. The van der Waals surface area contributed by atoms with E-state index >= 15 is 0 Å². The van der Waals surface area contributed by atoms with Crippen molar-refractivity contribution in [3.63, 3.8) is 0 Å². The molecule has 2 aromatic carbocycles. The quantitative estimate of drug-likeness (QED) is 0.490. The molecule has 21 heavy (non-hydrogen) atoms. The normalized spacial score (nSPS) is 6.67. The van der Waals surface area contributed by atoms with E-state index in [1.165, 1.54) is 11.1 Å². The van der Waals surface area contributed by atoms with E-state index in [1.807, 2.05) is 27.7 Å². The Kier molecular flexibility index (Phi) is 40.6. The third-order valence-electron chi connectivity index (χ3n) is 2.09. The largest absolute Gasteiger partial charge is 0.358 e. The van der Waals surface area contributed by atoms with Crippen molar-refractivity contribution in [3.8, 4) is 0 Å². The van der Waals surface area contributed by atoms with E-state index < -0.39 is 0 Å². The topological polar surface area (TPSA) is 0 Å². The van der Waals surface area contributed by atoms with Crippen LogP contribution < -0.4 is 0 Å². The summed E-state index contributed by atoms with van der Waals surface area (Å²) in [5.41, 5.74) is 2.74. The van der Waals surface area contributed by atoms with Crippen LogP contribution in [0.1, 0.15) is 38.8 Å². The summed E-state index contributed by atoms with van der Waals surface area (Å²) in [6.45, 7) is 8.00. The van der Waals surface area contributed by atoms with Gasteiger partial charge in [-0.1, -0.05) is 88.4 Å². The van der Waals surface area contributed by atoms with E-state index in [0.29, 0.717) is 0 Å². The molecule has 0 spiro atoms. The van der Waals surface area contributed by atoms with Gasteiger partial charge in [-0.05, 0) is 17.5 Å². The molecule has 2 aromatic rings. The molecule has 0 unspecified atom stereocenters. The Balaban J connectivity index is -0.0000000989. The molecule has 0 aliphatic carbocycles. The summed E-state index contributed by atoms with van der Waals surface area (Å²) in [7, 11) is 0. The van der Waals surface area contributed by atoms with Crippen molar-refractivity contribution in [1.29, 1.82) is 0 Å². The van der Waals surface area contributed by atoms with Gasteiger partial charge in [0.25, 0.3) is 0 Å². The van der Waals surface area contributed by atoms with Gasteiger partial charge in [-0.3, -0.25) is 0 Å². The average molecular weight is 436 g/mol. The van der Waals surface area contributed by atoms with Crippen molar-refractivity contribution in [2.75, 3.05) is 0 Å². The van der Waals surface area contributed by atoms with Crippen molar-refractivity contribution < 1.29 is 65.4 Å². The first kappa shape index (κ1) is 33.3. The molecule has 0 heterocycles. The van der Waals surface area contributed by atoms with E-state index in [0.717, 1.165) is 6.42 Å². The molecule has 0 fully saturated rings. The summed E-state index contributed by atoms with van der Waals surface area (Å²) in [5.74, 6) is 0. The minimum absolute atomic E-state index is 0. The standard InChI is InChI=1S/C13H12.2C2H6.2CH3.2Y/c1-3-7-12(8-4-1)11-13-9-5-2-6-10-13;2*1-2;;;;/h1-10H,11H2;2*1-2H3;2*1H3;;/q;;;2*-1;;. The molecule has 2 rings (SSSR count). The predicted molar refractivity (Wildman–Crippen MR) is 91.2 cm³/mol. The summed E-state index contributed by atoms with van der Waals surface area (Å²) in [6, 6.07) is 21.1. The molecule has 0 nitrogen and oxygen atoms in total. The van der Waals surface area contributed by atoms with Crippen LogP contribution in [0.25, 0.3) is 0 Å². The SMILES string of the molecule is CC.CC.[CH3-].[CH3-].[Y].[Y].c1ccc(Cc2ccccc2)cc1. The summed E-state index contributed by atoms with van der Waals surface area (Å²) in [6.07, 6.45) is 1.03. The maximum Gasteiger partial charge on any atom is 0 e. The van der Waals surface area contributed by atoms with Gasteiger partial charge in [-0.2, -0.15) is 0 Å². The number of rotatable bonds is 2. The molecule has 0 saturated carbocycles. The molecule has 0 N–H and O–H groups in total. The molecular formula is C19H30Y2-2. The molecule has 0 bridgehead atoms. The van der Waals surface area contributed by atoms with Crippen LogP contribution in [-0.2, 0) is 71.8 Å². The average Bonchev–Trinajstić information content (AvgIpc) is 2.45. The van der Waals surface area contributed by atoms with Crippen LogP contribution >= 0.6 is 0 Å². The van der Waals surface area contributed by atoms with Gasteiger partial charge >= 0.3 is 0 Å². The zero-order chi connectivity index (χ0) is 12.9. The van der Waals surface area contributed by atoms with E-state index in [4.69, 9.17) is 0 Å². The van der Waals surface area contributed by atoms with E-state index in [9.17, 15) is 0 Å². The van der Waals surface area contributed by atoms with Gasteiger partial charge in [0.15, 0.2) is 0 Å². The molecule has 2 heteroatoms. The Labute approximate surface area is 184 Å².